The molecule has 134 valence electrons. The number of rotatable bonds is 4. The molecule has 0 radical (unpaired) electrons. The van der Waals surface area contributed by atoms with E-state index in [1.807, 2.05) is 58.0 Å². The van der Waals surface area contributed by atoms with Crippen molar-refractivity contribution >= 4 is 29.9 Å². The largest absolute Gasteiger partial charge is 0.494 e. The molecule has 0 N–H and O–H groups in total. The van der Waals surface area contributed by atoms with Crippen LogP contribution in [0.25, 0.3) is 4.85 Å². The van der Waals surface area contributed by atoms with Gasteiger partial charge in [-0.05, 0) is 56.9 Å². The summed E-state index contributed by atoms with van der Waals surface area (Å²) in [6, 6.07) is 13.0. The molecule has 2 aromatic carbocycles. The normalized spacial score (nSPS) is 17.8. The Morgan fingerprint density at radius 2 is 1.65 bits per heavy atom. The summed E-state index contributed by atoms with van der Waals surface area (Å²) in [5.41, 5.74) is 1.60. The van der Waals surface area contributed by atoms with Crippen LogP contribution in [-0.2, 0) is 15.9 Å². The quantitative estimate of drug-likeness (QED) is 0.575. The molecule has 1 fully saturated rings. The van der Waals surface area contributed by atoms with Gasteiger partial charge in [0.1, 0.15) is 12.4 Å². The predicted octanol–water partition coefficient (Wildman–Crippen LogP) is 4.77. The lowest BCUT2D eigenvalue weighted by atomic mass is 9.79. The molecular formula is C20H21BClNO3. The average molecular weight is 370 g/mol. The Balaban J connectivity index is 1.64. The highest BCUT2D eigenvalue weighted by atomic mass is 35.5. The minimum Gasteiger partial charge on any atom is -0.489 e. The first kappa shape index (κ1) is 18.8. The van der Waals surface area contributed by atoms with Gasteiger partial charge in [0.25, 0.3) is 0 Å². The molecule has 0 unspecified atom stereocenters. The molecule has 4 nitrogen and oxygen atoms in total. The van der Waals surface area contributed by atoms with E-state index in [9.17, 15) is 0 Å². The van der Waals surface area contributed by atoms with Crippen molar-refractivity contribution in [1.29, 1.82) is 0 Å². The Morgan fingerprint density at radius 1 is 1.04 bits per heavy atom. The fraction of sp³-hybridized carbons (Fsp3) is 0.350. The van der Waals surface area contributed by atoms with Crippen LogP contribution in [0, 0.1) is 6.57 Å². The van der Waals surface area contributed by atoms with Crippen molar-refractivity contribution in [2.45, 2.75) is 45.5 Å². The third kappa shape index (κ3) is 3.73. The van der Waals surface area contributed by atoms with Crippen molar-refractivity contribution in [3.63, 3.8) is 0 Å². The summed E-state index contributed by atoms with van der Waals surface area (Å²) in [6.07, 6.45) is 0. The molecule has 1 saturated heterocycles. The second-order valence-electron chi connectivity index (χ2n) is 7.34. The maximum Gasteiger partial charge on any atom is 0.494 e. The van der Waals surface area contributed by atoms with Crippen LogP contribution in [0.2, 0.25) is 5.02 Å². The van der Waals surface area contributed by atoms with Gasteiger partial charge in [0.15, 0.2) is 0 Å². The van der Waals surface area contributed by atoms with E-state index in [0.717, 1.165) is 16.8 Å². The third-order valence-corrected chi connectivity index (χ3v) is 5.25. The molecule has 1 aliphatic rings. The number of hydrogen-bond donors (Lipinski definition) is 0. The molecule has 0 aliphatic carbocycles. The molecule has 0 spiro atoms. The molecule has 6 heteroatoms. The van der Waals surface area contributed by atoms with Gasteiger partial charge in [-0.15, -0.1) is 0 Å². The van der Waals surface area contributed by atoms with Crippen LogP contribution in [0.3, 0.4) is 0 Å². The third-order valence-electron chi connectivity index (χ3n) is 4.94. The van der Waals surface area contributed by atoms with Crippen molar-refractivity contribution in [2.75, 3.05) is 0 Å². The summed E-state index contributed by atoms with van der Waals surface area (Å²) < 4.78 is 17.9. The van der Waals surface area contributed by atoms with Crippen molar-refractivity contribution in [3.8, 4) is 5.75 Å². The Bertz CT molecular complexity index is 827. The van der Waals surface area contributed by atoms with Crippen LogP contribution >= 0.6 is 11.6 Å². The monoisotopic (exact) mass is 369 g/mol. The fourth-order valence-electron chi connectivity index (χ4n) is 2.60. The highest BCUT2D eigenvalue weighted by Crippen LogP contribution is 2.36. The molecule has 3 rings (SSSR count). The van der Waals surface area contributed by atoms with Gasteiger partial charge in [-0.3, -0.25) is 0 Å². The first-order valence-corrected chi connectivity index (χ1v) is 8.84. The van der Waals surface area contributed by atoms with Crippen LogP contribution in [0.4, 0.5) is 5.69 Å². The second-order valence-corrected chi connectivity index (χ2v) is 7.75. The zero-order valence-corrected chi connectivity index (χ0v) is 16.1. The smallest absolute Gasteiger partial charge is 0.489 e. The number of ether oxygens (including phenoxy) is 1. The van der Waals surface area contributed by atoms with Gasteiger partial charge < -0.3 is 14.0 Å². The van der Waals surface area contributed by atoms with Crippen LogP contribution in [-0.4, -0.2) is 18.3 Å². The molecule has 0 aromatic heterocycles. The van der Waals surface area contributed by atoms with Crippen LogP contribution in [0.5, 0.6) is 5.75 Å². The SMILES string of the molecule is [C-]#[N+]c1ccc(COc2ccc(B3OC(C)(C)C(C)(C)O3)cc2)cc1Cl. The number of halogens is 1. The molecule has 0 atom stereocenters. The average Bonchev–Trinajstić information content (AvgIpc) is 2.81. The topological polar surface area (TPSA) is 32.0 Å². The van der Waals surface area contributed by atoms with Gasteiger partial charge >= 0.3 is 7.12 Å². The minimum absolute atomic E-state index is 0.358. The molecule has 26 heavy (non-hydrogen) atoms. The number of hydrogen-bond acceptors (Lipinski definition) is 3. The van der Waals surface area contributed by atoms with Crippen molar-refractivity contribution in [1.82, 2.24) is 0 Å². The molecule has 0 amide bonds. The van der Waals surface area contributed by atoms with E-state index in [4.69, 9.17) is 32.2 Å². The highest BCUT2D eigenvalue weighted by molar-refractivity contribution is 6.62. The minimum atomic E-state index is -0.381. The summed E-state index contributed by atoms with van der Waals surface area (Å²) in [4.78, 5) is 3.35. The summed E-state index contributed by atoms with van der Waals surface area (Å²) in [5.74, 6) is 0.746. The molecule has 1 heterocycles. The first-order valence-electron chi connectivity index (χ1n) is 8.46. The zero-order valence-electron chi connectivity index (χ0n) is 15.4. The van der Waals surface area contributed by atoms with Gasteiger partial charge in [0.05, 0.1) is 17.8 Å². The summed E-state index contributed by atoms with van der Waals surface area (Å²) >= 11 is 6.05. The van der Waals surface area contributed by atoms with Crippen molar-refractivity contribution in [3.05, 3.63) is 64.5 Å². The predicted molar refractivity (Wildman–Crippen MR) is 104 cm³/mol. The van der Waals surface area contributed by atoms with E-state index in [1.54, 1.807) is 12.1 Å². The number of benzene rings is 2. The van der Waals surface area contributed by atoms with Crippen molar-refractivity contribution in [2.24, 2.45) is 0 Å². The van der Waals surface area contributed by atoms with E-state index < -0.39 is 0 Å². The van der Waals surface area contributed by atoms with Gasteiger partial charge in [-0.1, -0.05) is 35.9 Å². The van der Waals surface area contributed by atoms with E-state index in [1.165, 1.54) is 0 Å². The molecule has 0 bridgehead atoms. The Kier molecular flexibility index (Phi) is 5.03. The maximum absolute atomic E-state index is 7.02. The summed E-state index contributed by atoms with van der Waals surface area (Å²) in [5, 5.41) is 0.442. The lowest BCUT2D eigenvalue weighted by molar-refractivity contribution is 0.00578. The molecule has 1 aliphatic heterocycles. The lowest BCUT2D eigenvalue weighted by Crippen LogP contribution is -2.41. The van der Waals surface area contributed by atoms with Gasteiger partial charge in [-0.2, -0.15) is 0 Å². The fourth-order valence-corrected chi connectivity index (χ4v) is 2.84. The highest BCUT2D eigenvalue weighted by Gasteiger charge is 2.51. The van der Waals surface area contributed by atoms with Gasteiger partial charge in [-0.25, -0.2) is 4.85 Å². The maximum atomic E-state index is 7.02. The lowest BCUT2D eigenvalue weighted by Gasteiger charge is -2.32. The Hall–Kier alpha value is -2.00. The molecule has 2 aromatic rings. The Labute approximate surface area is 160 Å². The van der Waals surface area contributed by atoms with Gasteiger partial charge in [0.2, 0.25) is 5.69 Å². The van der Waals surface area contributed by atoms with E-state index in [-0.39, 0.29) is 18.3 Å². The van der Waals surface area contributed by atoms with Crippen LogP contribution < -0.4 is 10.2 Å². The van der Waals surface area contributed by atoms with E-state index in [2.05, 4.69) is 4.85 Å². The van der Waals surface area contributed by atoms with Crippen LogP contribution in [0.15, 0.2) is 42.5 Å². The summed E-state index contributed by atoms with van der Waals surface area (Å²) in [7, 11) is -0.381. The Morgan fingerprint density at radius 3 is 2.19 bits per heavy atom. The van der Waals surface area contributed by atoms with E-state index in [0.29, 0.717) is 17.3 Å². The first-order chi connectivity index (χ1) is 12.2. The van der Waals surface area contributed by atoms with E-state index >= 15 is 0 Å². The number of nitrogens with zero attached hydrogens (tertiary/aromatic N) is 1. The second kappa shape index (κ2) is 6.96. The summed E-state index contributed by atoms with van der Waals surface area (Å²) in [6.45, 7) is 15.5. The van der Waals surface area contributed by atoms with Crippen LogP contribution in [0.1, 0.15) is 33.3 Å². The molecular weight excluding hydrogens is 348 g/mol. The molecule has 0 saturated carbocycles. The zero-order chi connectivity index (χ0) is 18.9. The van der Waals surface area contributed by atoms with Crippen molar-refractivity contribution < 1.29 is 14.0 Å². The standard InChI is InChI=1S/C20H21BClNO3/c1-19(2)20(3,4)26-21(25-19)15-7-9-16(10-8-15)24-13-14-6-11-18(23-5)17(22)12-14/h6-12H,13H2,1-4H3. The van der Waals surface area contributed by atoms with Gasteiger partial charge in [0, 0.05) is 5.02 Å².